The third-order valence-electron chi connectivity index (χ3n) is 2.67. The number of nitrogens with two attached hydrogens (primary N) is 1. The summed E-state index contributed by atoms with van der Waals surface area (Å²) in [7, 11) is 3.12. The zero-order valence-electron chi connectivity index (χ0n) is 11.3. The van der Waals surface area contributed by atoms with E-state index < -0.39 is 0 Å². The number of hydrogen-bond acceptors (Lipinski definition) is 6. The van der Waals surface area contributed by atoms with Crippen molar-refractivity contribution in [2.75, 3.05) is 20.0 Å². The molecule has 2 aromatic rings. The molecule has 20 heavy (non-hydrogen) atoms. The van der Waals surface area contributed by atoms with Crippen molar-refractivity contribution < 1.29 is 9.47 Å². The van der Waals surface area contributed by atoms with Crippen molar-refractivity contribution in [3.8, 4) is 23.1 Å². The predicted molar refractivity (Wildman–Crippen MR) is 73.9 cm³/mol. The fraction of sp³-hybridized carbons (Fsp3) is 0.214. The highest BCUT2D eigenvalue weighted by atomic mass is 16.5. The Morgan fingerprint density at radius 3 is 2.70 bits per heavy atom. The number of ether oxygens (including phenoxy) is 2. The maximum Gasteiger partial charge on any atom is 0.157 e. The molecule has 0 aliphatic carbocycles. The van der Waals surface area contributed by atoms with Crippen LogP contribution >= 0.6 is 0 Å². The molecule has 6 nitrogen and oxygen atoms in total. The average molecular weight is 270 g/mol. The van der Waals surface area contributed by atoms with E-state index in [0.717, 1.165) is 0 Å². The minimum Gasteiger partial charge on any atom is -0.496 e. The van der Waals surface area contributed by atoms with Gasteiger partial charge in [0.15, 0.2) is 5.82 Å². The minimum absolute atomic E-state index is 0.262. The van der Waals surface area contributed by atoms with Gasteiger partial charge in [-0.2, -0.15) is 5.26 Å². The van der Waals surface area contributed by atoms with E-state index in [4.69, 9.17) is 20.5 Å². The van der Waals surface area contributed by atoms with E-state index in [9.17, 15) is 0 Å². The summed E-state index contributed by atoms with van der Waals surface area (Å²) in [6.45, 7) is 0.262. The van der Waals surface area contributed by atoms with Gasteiger partial charge in [-0.25, -0.2) is 9.97 Å². The molecule has 0 saturated carbocycles. The summed E-state index contributed by atoms with van der Waals surface area (Å²) in [6, 6.07) is 8.84. The van der Waals surface area contributed by atoms with Gasteiger partial charge in [0.05, 0.1) is 24.4 Å². The van der Waals surface area contributed by atoms with Gasteiger partial charge < -0.3 is 15.2 Å². The van der Waals surface area contributed by atoms with Gasteiger partial charge in [-0.3, -0.25) is 0 Å². The van der Waals surface area contributed by atoms with Crippen LogP contribution in [0.15, 0.2) is 24.3 Å². The van der Waals surface area contributed by atoms with E-state index in [1.165, 1.54) is 0 Å². The van der Waals surface area contributed by atoms with Crippen molar-refractivity contribution in [2.24, 2.45) is 0 Å². The van der Waals surface area contributed by atoms with E-state index in [2.05, 4.69) is 16.0 Å². The van der Waals surface area contributed by atoms with Crippen LogP contribution in [-0.2, 0) is 11.3 Å². The van der Waals surface area contributed by atoms with Crippen molar-refractivity contribution in [3.63, 3.8) is 0 Å². The SMILES string of the molecule is COCc1nc(N)cc(-c2cc(C#N)ccc2OC)n1. The Labute approximate surface area is 116 Å². The second-order valence-electron chi connectivity index (χ2n) is 4.05. The highest BCUT2D eigenvalue weighted by Crippen LogP contribution is 2.30. The van der Waals surface area contributed by atoms with Crippen LogP contribution in [0.3, 0.4) is 0 Å². The van der Waals surface area contributed by atoms with Gasteiger partial charge in [-0.15, -0.1) is 0 Å². The number of aromatic nitrogens is 2. The number of anilines is 1. The molecule has 0 aliphatic rings. The molecular weight excluding hydrogens is 256 g/mol. The fourth-order valence-corrected chi connectivity index (χ4v) is 1.83. The normalized spacial score (nSPS) is 10.1. The highest BCUT2D eigenvalue weighted by Gasteiger charge is 2.11. The summed E-state index contributed by atoms with van der Waals surface area (Å²) in [4.78, 5) is 8.46. The molecule has 0 saturated heterocycles. The third kappa shape index (κ3) is 2.84. The second kappa shape index (κ2) is 5.99. The molecule has 102 valence electrons. The van der Waals surface area contributed by atoms with E-state index >= 15 is 0 Å². The molecule has 0 bridgehead atoms. The maximum absolute atomic E-state index is 9.00. The monoisotopic (exact) mass is 270 g/mol. The number of nitriles is 1. The van der Waals surface area contributed by atoms with Crippen LogP contribution in [0, 0.1) is 11.3 Å². The molecule has 0 fully saturated rings. The lowest BCUT2D eigenvalue weighted by molar-refractivity contribution is 0.178. The third-order valence-corrected chi connectivity index (χ3v) is 2.67. The molecule has 1 heterocycles. The van der Waals surface area contributed by atoms with Gasteiger partial charge in [0, 0.05) is 18.7 Å². The molecule has 0 radical (unpaired) electrons. The first-order valence-electron chi connectivity index (χ1n) is 5.88. The Balaban J connectivity index is 2.58. The summed E-state index contributed by atoms with van der Waals surface area (Å²) in [5, 5.41) is 9.00. The molecule has 1 aromatic heterocycles. The summed E-state index contributed by atoms with van der Waals surface area (Å²) in [5.41, 5.74) is 7.58. The zero-order valence-corrected chi connectivity index (χ0v) is 11.3. The van der Waals surface area contributed by atoms with Crippen molar-refractivity contribution in [1.82, 2.24) is 9.97 Å². The molecule has 1 aromatic carbocycles. The topological polar surface area (TPSA) is 94.1 Å². The average Bonchev–Trinajstić information content (AvgIpc) is 2.46. The molecule has 0 unspecified atom stereocenters. The van der Waals surface area contributed by atoms with Crippen LogP contribution in [0.25, 0.3) is 11.3 Å². The standard InChI is InChI=1S/C14H14N4O2/c1-19-8-14-17-11(6-13(16)18-14)10-5-9(7-15)3-4-12(10)20-2/h3-6H,8H2,1-2H3,(H2,16,17,18). The van der Waals surface area contributed by atoms with Gasteiger partial charge in [0.2, 0.25) is 0 Å². The van der Waals surface area contributed by atoms with Crippen molar-refractivity contribution >= 4 is 5.82 Å². The van der Waals surface area contributed by atoms with Gasteiger partial charge in [0.1, 0.15) is 18.2 Å². The molecule has 0 atom stereocenters. The number of nitrogens with zero attached hydrogens (tertiary/aromatic N) is 3. The molecular formula is C14H14N4O2. The van der Waals surface area contributed by atoms with Crippen LogP contribution in [0.1, 0.15) is 11.4 Å². The number of nitrogen functional groups attached to an aromatic ring is 1. The fourth-order valence-electron chi connectivity index (χ4n) is 1.83. The predicted octanol–water partition coefficient (Wildman–Crippen LogP) is 1.75. The number of benzene rings is 1. The maximum atomic E-state index is 9.00. The van der Waals surface area contributed by atoms with Gasteiger partial charge in [-0.05, 0) is 18.2 Å². The molecule has 6 heteroatoms. The molecule has 0 amide bonds. The van der Waals surface area contributed by atoms with E-state index in [-0.39, 0.29) is 6.61 Å². The first-order valence-corrected chi connectivity index (χ1v) is 5.88. The van der Waals surface area contributed by atoms with Crippen molar-refractivity contribution in [2.45, 2.75) is 6.61 Å². The van der Waals surface area contributed by atoms with E-state index in [0.29, 0.717) is 34.2 Å². The molecule has 0 aliphatic heterocycles. The molecule has 2 N–H and O–H groups in total. The summed E-state index contributed by atoms with van der Waals surface area (Å²) in [5.74, 6) is 1.43. The second-order valence-corrected chi connectivity index (χ2v) is 4.05. The lowest BCUT2D eigenvalue weighted by Gasteiger charge is -2.10. The number of rotatable bonds is 4. The number of hydrogen-bond donors (Lipinski definition) is 1. The van der Waals surface area contributed by atoms with Crippen LogP contribution in [0.4, 0.5) is 5.82 Å². The van der Waals surface area contributed by atoms with Crippen LogP contribution in [0.5, 0.6) is 5.75 Å². The molecule has 2 rings (SSSR count). The van der Waals surface area contributed by atoms with Crippen molar-refractivity contribution in [1.29, 1.82) is 5.26 Å². The Kier molecular flexibility index (Phi) is 4.13. The molecule has 0 spiro atoms. The first kappa shape index (κ1) is 13.8. The Morgan fingerprint density at radius 2 is 2.05 bits per heavy atom. The van der Waals surface area contributed by atoms with E-state index in [1.54, 1.807) is 38.5 Å². The lowest BCUT2D eigenvalue weighted by Crippen LogP contribution is -2.03. The number of methoxy groups -OCH3 is 2. The smallest absolute Gasteiger partial charge is 0.157 e. The Hall–Kier alpha value is -2.65. The van der Waals surface area contributed by atoms with Gasteiger partial charge in [0.25, 0.3) is 0 Å². The Morgan fingerprint density at radius 1 is 1.25 bits per heavy atom. The largest absolute Gasteiger partial charge is 0.496 e. The van der Waals surface area contributed by atoms with E-state index in [1.807, 2.05) is 0 Å². The van der Waals surface area contributed by atoms with Gasteiger partial charge >= 0.3 is 0 Å². The summed E-state index contributed by atoms with van der Waals surface area (Å²) < 4.78 is 10.3. The van der Waals surface area contributed by atoms with Gasteiger partial charge in [-0.1, -0.05) is 0 Å². The lowest BCUT2D eigenvalue weighted by atomic mass is 10.1. The summed E-state index contributed by atoms with van der Waals surface area (Å²) >= 11 is 0. The quantitative estimate of drug-likeness (QED) is 0.909. The van der Waals surface area contributed by atoms with Crippen LogP contribution in [-0.4, -0.2) is 24.2 Å². The van der Waals surface area contributed by atoms with Crippen LogP contribution in [0.2, 0.25) is 0 Å². The van der Waals surface area contributed by atoms with Crippen LogP contribution < -0.4 is 10.5 Å². The minimum atomic E-state index is 0.262. The van der Waals surface area contributed by atoms with Crippen molar-refractivity contribution in [3.05, 3.63) is 35.7 Å². The first-order chi connectivity index (χ1) is 9.67. The highest BCUT2D eigenvalue weighted by molar-refractivity contribution is 5.70. The summed E-state index contributed by atoms with van der Waals surface area (Å²) in [6.07, 6.45) is 0. The zero-order chi connectivity index (χ0) is 14.5. The Bertz CT molecular complexity index is 665.